The van der Waals surface area contributed by atoms with Crippen molar-refractivity contribution in [2.45, 2.75) is 13.3 Å². The molecule has 3 rings (SSSR count). The Kier molecular flexibility index (Phi) is 2.87. The zero-order valence-corrected chi connectivity index (χ0v) is 11.3. The van der Waals surface area contributed by atoms with Crippen LogP contribution in [0.2, 0.25) is 0 Å². The number of carboxylic acid groups (broad SMARTS) is 1. The summed E-state index contributed by atoms with van der Waals surface area (Å²) in [6.45, 7) is 1.89. The minimum absolute atomic E-state index is 0.238. The molecule has 2 heterocycles. The first-order chi connectivity index (χ1) is 9.06. The number of hydrogen-bond acceptors (Lipinski definition) is 5. The van der Waals surface area contributed by atoms with Gasteiger partial charge in [0.25, 0.3) is 0 Å². The number of rotatable bonds is 3. The number of aromatic nitrogens is 1. The SMILES string of the molecule is Cc1nc2c(cc(OC(F)C(=O)O)c3ccsc32)s1. The lowest BCUT2D eigenvalue weighted by Crippen LogP contribution is -2.21. The fourth-order valence-corrected chi connectivity index (χ4v) is 3.68. The van der Waals surface area contributed by atoms with Gasteiger partial charge in [0.05, 0.1) is 19.9 Å². The predicted octanol–water partition coefficient (Wildman–Crippen LogP) is 3.58. The summed E-state index contributed by atoms with van der Waals surface area (Å²) < 4.78 is 19.8. The van der Waals surface area contributed by atoms with Gasteiger partial charge in [0.1, 0.15) is 5.75 Å². The van der Waals surface area contributed by atoms with Crippen molar-refractivity contribution in [1.29, 1.82) is 0 Å². The number of nitrogens with zero attached hydrogens (tertiary/aromatic N) is 1. The molecule has 0 saturated carbocycles. The Morgan fingerprint density at radius 3 is 3.11 bits per heavy atom. The van der Waals surface area contributed by atoms with Gasteiger partial charge < -0.3 is 9.84 Å². The largest absolute Gasteiger partial charge is 0.476 e. The lowest BCUT2D eigenvalue weighted by molar-refractivity contribution is -0.153. The second kappa shape index (κ2) is 4.43. The minimum Gasteiger partial charge on any atom is -0.476 e. The number of hydrogen-bond donors (Lipinski definition) is 1. The molecule has 4 nitrogen and oxygen atoms in total. The quantitative estimate of drug-likeness (QED) is 0.802. The number of fused-ring (bicyclic) bond motifs is 3. The van der Waals surface area contributed by atoms with E-state index in [0.717, 1.165) is 19.9 Å². The van der Waals surface area contributed by atoms with Crippen molar-refractivity contribution in [2.75, 3.05) is 0 Å². The Morgan fingerprint density at radius 2 is 2.37 bits per heavy atom. The van der Waals surface area contributed by atoms with Gasteiger partial charge in [-0.15, -0.1) is 22.7 Å². The lowest BCUT2D eigenvalue weighted by atomic mass is 10.2. The number of thiophene rings is 1. The van der Waals surface area contributed by atoms with E-state index in [1.807, 2.05) is 12.3 Å². The third kappa shape index (κ3) is 2.04. The zero-order valence-electron chi connectivity index (χ0n) is 9.71. The Balaban J connectivity index is 2.21. The molecule has 1 N–H and O–H groups in total. The molecule has 0 bridgehead atoms. The highest BCUT2D eigenvalue weighted by Crippen LogP contribution is 2.39. The van der Waals surface area contributed by atoms with E-state index in [4.69, 9.17) is 9.84 Å². The maximum absolute atomic E-state index is 13.2. The summed E-state index contributed by atoms with van der Waals surface area (Å²) in [6.07, 6.45) is -2.37. The highest BCUT2D eigenvalue weighted by Gasteiger charge is 2.20. The van der Waals surface area contributed by atoms with Crippen LogP contribution in [0, 0.1) is 6.92 Å². The summed E-state index contributed by atoms with van der Waals surface area (Å²) in [7, 11) is 0. The van der Waals surface area contributed by atoms with Gasteiger partial charge in [-0.2, -0.15) is 4.39 Å². The third-order valence-corrected chi connectivity index (χ3v) is 4.43. The molecule has 0 aliphatic carbocycles. The first kappa shape index (κ1) is 12.3. The second-order valence-electron chi connectivity index (χ2n) is 3.89. The van der Waals surface area contributed by atoms with Crippen LogP contribution in [0.4, 0.5) is 4.39 Å². The summed E-state index contributed by atoms with van der Waals surface area (Å²) in [5, 5.41) is 12.0. The summed E-state index contributed by atoms with van der Waals surface area (Å²) in [5.74, 6) is -1.40. The van der Waals surface area contributed by atoms with Crippen molar-refractivity contribution in [3.05, 3.63) is 22.5 Å². The predicted molar refractivity (Wildman–Crippen MR) is 72.9 cm³/mol. The number of carboxylic acids is 1. The minimum atomic E-state index is -2.37. The van der Waals surface area contributed by atoms with Crippen molar-refractivity contribution < 1.29 is 19.0 Å². The average Bonchev–Trinajstić information content (AvgIpc) is 2.93. The maximum atomic E-state index is 13.2. The van der Waals surface area contributed by atoms with Crippen LogP contribution in [0.1, 0.15) is 5.01 Å². The normalized spacial score (nSPS) is 12.9. The van der Waals surface area contributed by atoms with E-state index in [1.54, 1.807) is 12.1 Å². The lowest BCUT2D eigenvalue weighted by Gasteiger charge is -2.08. The molecule has 0 amide bonds. The van der Waals surface area contributed by atoms with Gasteiger partial charge in [0.15, 0.2) is 0 Å². The number of benzene rings is 1. The van der Waals surface area contributed by atoms with Crippen molar-refractivity contribution in [3.8, 4) is 5.75 Å². The molecule has 0 aliphatic heterocycles. The molecule has 2 aromatic heterocycles. The fraction of sp³-hybridized carbons (Fsp3) is 0.167. The summed E-state index contributed by atoms with van der Waals surface area (Å²) in [5.41, 5.74) is 0.852. The number of carbonyl (C=O) groups is 1. The Hall–Kier alpha value is -1.73. The number of thiazole rings is 1. The summed E-state index contributed by atoms with van der Waals surface area (Å²) >= 11 is 2.94. The van der Waals surface area contributed by atoms with Gasteiger partial charge in [0.2, 0.25) is 0 Å². The highest BCUT2D eigenvalue weighted by atomic mass is 32.1. The topological polar surface area (TPSA) is 59.4 Å². The standard InChI is InChI=1S/C12H8FNO3S2/c1-5-14-9-8(19-5)4-7(17-11(13)12(15)16)6-2-3-18-10(6)9/h2-4,11H,1H3,(H,15,16). The number of aryl methyl sites for hydroxylation is 1. The van der Waals surface area contributed by atoms with Gasteiger partial charge in [-0.3, -0.25) is 0 Å². The molecule has 98 valence electrons. The molecular formula is C12H8FNO3S2. The maximum Gasteiger partial charge on any atom is 0.378 e. The Morgan fingerprint density at radius 1 is 1.58 bits per heavy atom. The monoisotopic (exact) mass is 297 g/mol. The fourth-order valence-electron chi connectivity index (χ4n) is 1.85. The van der Waals surface area contributed by atoms with Gasteiger partial charge in [0, 0.05) is 11.5 Å². The second-order valence-corrected chi connectivity index (χ2v) is 6.04. The van der Waals surface area contributed by atoms with Crippen LogP contribution in [0.15, 0.2) is 17.5 Å². The van der Waals surface area contributed by atoms with Crippen LogP contribution in [0.5, 0.6) is 5.75 Å². The van der Waals surface area contributed by atoms with Crippen LogP contribution >= 0.6 is 22.7 Å². The number of alkyl halides is 1. The molecule has 0 radical (unpaired) electrons. The first-order valence-electron chi connectivity index (χ1n) is 5.37. The molecule has 7 heteroatoms. The zero-order chi connectivity index (χ0) is 13.6. The molecule has 3 aromatic rings. The van der Waals surface area contributed by atoms with E-state index in [9.17, 15) is 9.18 Å². The third-order valence-electron chi connectivity index (χ3n) is 2.59. The molecule has 1 unspecified atom stereocenters. The van der Waals surface area contributed by atoms with Gasteiger partial charge in [-0.25, -0.2) is 9.78 Å². The van der Waals surface area contributed by atoms with E-state index < -0.39 is 12.3 Å². The molecule has 0 fully saturated rings. The van der Waals surface area contributed by atoms with Gasteiger partial charge in [-0.1, -0.05) is 0 Å². The number of ether oxygens (including phenoxy) is 1. The molecular weight excluding hydrogens is 289 g/mol. The van der Waals surface area contributed by atoms with Crippen molar-refractivity contribution in [2.24, 2.45) is 0 Å². The molecule has 0 aliphatic rings. The molecule has 19 heavy (non-hydrogen) atoms. The van der Waals surface area contributed by atoms with Crippen molar-refractivity contribution in [1.82, 2.24) is 4.98 Å². The Labute approximate surface area is 115 Å². The molecule has 1 aromatic carbocycles. The highest BCUT2D eigenvalue weighted by molar-refractivity contribution is 7.21. The van der Waals surface area contributed by atoms with E-state index >= 15 is 0 Å². The van der Waals surface area contributed by atoms with Gasteiger partial charge >= 0.3 is 12.3 Å². The van der Waals surface area contributed by atoms with Crippen LogP contribution in [0.3, 0.4) is 0 Å². The molecule has 0 saturated heterocycles. The Bertz CT molecular complexity index is 780. The van der Waals surface area contributed by atoms with Crippen molar-refractivity contribution >= 4 is 48.9 Å². The van der Waals surface area contributed by atoms with E-state index in [2.05, 4.69) is 4.98 Å². The van der Waals surface area contributed by atoms with E-state index in [0.29, 0.717) is 5.39 Å². The van der Waals surface area contributed by atoms with E-state index in [1.165, 1.54) is 22.7 Å². The van der Waals surface area contributed by atoms with Crippen LogP contribution in [-0.2, 0) is 4.79 Å². The van der Waals surface area contributed by atoms with Crippen LogP contribution in [0.25, 0.3) is 20.3 Å². The van der Waals surface area contributed by atoms with Crippen LogP contribution < -0.4 is 4.74 Å². The smallest absolute Gasteiger partial charge is 0.378 e. The van der Waals surface area contributed by atoms with Gasteiger partial charge in [-0.05, 0) is 18.4 Å². The first-order valence-corrected chi connectivity index (χ1v) is 7.07. The number of aliphatic carboxylic acids is 1. The molecule has 1 atom stereocenters. The van der Waals surface area contributed by atoms with E-state index in [-0.39, 0.29) is 5.75 Å². The van der Waals surface area contributed by atoms with Crippen LogP contribution in [-0.4, -0.2) is 22.4 Å². The van der Waals surface area contributed by atoms with Crippen molar-refractivity contribution in [3.63, 3.8) is 0 Å². The summed E-state index contributed by atoms with van der Waals surface area (Å²) in [4.78, 5) is 15.0. The summed E-state index contributed by atoms with van der Waals surface area (Å²) in [6, 6.07) is 3.42. The molecule has 0 spiro atoms. The number of halogens is 1. The average molecular weight is 297 g/mol.